The Hall–Kier alpha value is -1.94. The third-order valence-corrected chi connectivity index (χ3v) is 3.81. The Morgan fingerprint density at radius 2 is 1.86 bits per heavy atom. The number of nitrogens with two attached hydrogens (primary N) is 1. The maximum Gasteiger partial charge on any atom is 0.126 e. The van der Waals surface area contributed by atoms with Gasteiger partial charge in [0.25, 0.3) is 0 Å². The quantitative estimate of drug-likeness (QED) is 0.930. The van der Waals surface area contributed by atoms with Gasteiger partial charge in [-0.15, -0.1) is 0 Å². The summed E-state index contributed by atoms with van der Waals surface area (Å²) in [5, 5.41) is 0. The lowest BCUT2D eigenvalue weighted by molar-refractivity contribution is 0.304. The first-order valence-electron chi connectivity index (χ1n) is 7.08. The molecule has 0 saturated heterocycles. The van der Waals surface area contributed by atoms with Gasteiger partial charge in [-0.3, -0.25) is 0 Å². The summed E-state index contributed by atoms with van der Waals surface area (Å²) in [6, 6.07) is 9.28. The number of benzene rings is 2. The minimum atomic E-state index is -0.596. The topological polar surface area (TPSA) is 35.2 Å². The van der Waals surface area contributed by atoms with Gasteiger partial charge in [0, 0.05) is 12.1 Å². The van der Waals surface area contributed by atoms with Crippen molar-refractivity contribution in [3.63, 3.8) is 0 Å². The molecule has 2 nitrogen and oxygen atoms in total. The van der Waals surface area contributed by atoms with Gasteiger partial charge in [0.1, 0.15) is 24.0 Å². The molecule has 0 radical (unpaired) electrons. The molecule has 1 unspecified atom stereocenters. The molecule has 0 spiro atoms. The van der Waals surface area contributed by atoms with E-state index in [1.807, 2.05) is 18.2 Å². The standard InChI is InChI=1S/C17H17F2NO/c18-13-6-11(7-14(19)8-13)10-21-15-5-4-12-2-1-3-17(20)16(12)9-15/h4-9,17H,1-3,10,20H2. The Morgan fingerprint density at radius 1 is 1.10 bits per heavy atom. The van der Waals surface area contributed by atoms with Gasteiger partial charge >= 0.3 is 0 Å². The first-order valence-corrected chi connectivity index (χ1v) is 7.08. The van der Waals surface area contributed by atoms with Gasteiger partial charge in [-0.1, -0.05) is 6.07 Å². The molecule has 0 heterocycles. The highest BCUT2D eigenvalue weighted by atomic mass is 19.1. The molecule has 1 aliphatic carbocycles. The van der Waals surface area contributed by atoms with Crippen LogP contribution < -0.4 is 10.5 Å². The molecule has 21 heavy (non-hydrogen) atoms. The van der Waals surface area contributed by atoms with E-state index in [4.69, 9.17) is 10.5 Å². The fraction of sp³-hybridized carbons (Fsp3) is 0.294. The third kappa shape index (κ3) is 3.22. The van der Waals surface area contributed by atoms with Crippen molar-refractivity contribution in [3.05, 3.63) is 64.7 Å². The highest BCUT2D eigenvalue weighted by Crippen LogP contribution is 2.31. The second-order valence-corrected chi connectivity index (χ2v) is 5.43. The Labute approximate surface area is 122 Å². The molecule has 0 bridgehead atoms. The van der Waals surface area contributed by atoms with Crippen LogP contribution in [0.5, 0.6) is 5.75 Å². The lowest BCUT2D eigenvalue weighted by Gasteiger charge is -2.22. The number of rotatable bonds is 3. The van der Waals surface area contributed by atoms with E-state index in [1.54, 1.807) is 0 Å². The fourth-order valence-corrected chi connectivity index (χ4v) is 2.76. The van der Waals surface area contributed by atoms with E-state index in [1.165, 1.54) is 17.7 Å². The number of ether oxygens (including phenoxy) is 1. The van der Waals surface area contributed by atoms with E-state index < -0.39 is 11.6 Å². The van der Waals surface area contributed by atoms with Crippen molar-refractivity contribution < 1.29 is 13.5 Å². The van der Waals surface area contributed by atoms with Crippen molar-refractivity contribution in [3.8, 4) is 5.75 Å². The molecule has 0 fully saturated rings. The van der Waals surface area contributed by atoms with Crippen LogP contribution >= 0.6 is 0 Å². The second kappa shape index (κ2) is 5.82. The van der Waals surface area contributed by atoms with Gasteiger partial charge in [-0.25, -0.2) is 8.78 Å². The van der Waals surface area contributed by atoms with Gasteiger partial charge in [0.05, 0.1) is 0 Å². The molecule has 2 aromatic rings. The van der Waals surface area contributed by atoms with E-state index in [2.05, 4.69) is 0 Å². The molecule has 0 aromatic heterocycles. The zero-order chi connectivity index (χ0) is 14.8. The van der Waals surface area contributed by atoms with E-state index in [0.717, 1.165) is 30.9 Å². The number of aryl methyl sites for hydroxylation is 1. The molecule has 1 atom stereocenters. The Kier molecular flexibility index (Phi) is 3.88. The van der Waals surface area contributed by atoms with Crippen LogP contribution in [0.25, 0.3) is 0 Å². The maximum atomic E-state index is 13.1. The van der Waals surface area contributed by atoms with Crippen LogP contribution in [0.3, 0.4) is 0 Å². The summed E-state index contributed by atoms with van der Waals surface area (Å²) in [6.45, 7) is 0.128. The molecule has 1 aliphatic rings. The summed E-state index contributed by atoms with van der Waals surface area (Å²) >= 11 is 0. The van der Waals surface area contributed by atoms with Crippen molar-refractivity contribution in [1.29, 1.82) is 0 Å². The predicted octanol–water partition coefficient (Wildman–Crippen LogP) is 3.88. The van der Waals surface area contributed by atoms with Gasteiger partial charge in [-0.05, 0) is 60.2 Å². The normalized spacial score (nSPS) is 17.4. The summed E-state index contributed by atoms with van der Waals surface area (Å²) in [4.78, 5) is 0. The molecule has 3 rings (SSSR count). The average molecular weight is 289 g/mol. The zero-order valence-corrected chi connectivity index (χ0v) is 11.6. The minimum absolute atomic E-state index is 0.0453. The first-order chi connectivity index (χ1) is 10.1. The molecule has 2 N–H and O–H groups in total. The second-order valence-electron chi connectivity index (χ2n) is 5.43. The molecule has 4 heteroatoms. The number of hydrogen-bond donors (Lipinski definition) is 1. The van der Waals surface area contributed by atoms with Crippen molar-refractivity contribution in [2.45, 2.75) is 31.9 Å². The number of hydrogen-bond acceptors (Lipinski definition) is 2. The first kappa shape index (κ1) is 14.0. The zero-order valence-electron chi connectivity index (χ0n) is 11.6. The van der Waals surface area contributed by atoms with Crippen LogP contribution in [-0.2, 0) is 13.0 Å². The summed E-state index contributed by atoms with van der Waals surface area (Å²) in [5.41, 5.74) is 8.95. The smallest absolute Gasteiger partial charge is 0.126 e. The highest BCUT2D eigenvalue weighted by molar-refractivity contribution is 5.39. The molecule has 110 valence electrons. The third-order valence-electron chi connectivity index (χ3n) is 3.81. The van der Waals surface area contributed by atoms with E-state index in [0.29, 0.717) is 11.3 Å². The van der Waals surface area contributed by atoms with Gasteiger partial charge in [0.2, 0.25) is 0 Å². The Bertz CT molecular complexity index is 637. The molecular formula is C17H17F2NO. The van der Waals surface area contributed by atoms with Crippen LogP contribution in [0.1, 0.15) is 35.6 Å². The monoisotopic (exact) mass is 289 g/mol. The van der Waals surface area contributed by atoms with Crippen molar-refractivity contribution in [2.75, 3.05) is 0 Å². The van der Waals surface area contributed by atoms with Crippen LogP contribution in [0.4, 0.5) is 8.78 Å². The van der Waals surface area contributed by atoms with Crippen LogP contribution in [0.15, 0.2) is 36.4 Å². The van der Waals surface area contributed by atoms with Crippen LogP contribution in [0, 0.1) is 11.6 Å². The van der Waals surface area contributed by atoms with E-state index in [9.17, 15) is 8.78 Å². The van der Waals surface area contributed by atoms with E-state index in [-0.39, 0.29) is 12.6 Å². The lowest BCUT2D eigenvalue weighted by Crippen LogP contribution is -2.17. The molecular weight excluding hydrogens is 272 g/mol. The largest absolute Gasteiger partial charge is 0.489 e. The van der Waals surface area contributed by atoms with Crippen molar-refractivity contribution in [1.82, 2.24) is 0 Å². The minimum Gasteiger partial charge on any atom is -0.489 e. The highest BCUT2D eigenvalue weighted by Gasteiger charge is 2.17. The maximum absolute atomic E-state index is 13.1. The Morgan fingerprint density at radius 3 is 2.62 bits per heavy atom. The molecule has 0 aliphatic heterocycles. The SMILES string of the molecule is NC1CCCc2ccc(OCc3cc(F)cc(F)c3)cc21. The van der Waals surface area contributed by atoms with Crippen LogP contribution in [-0.4, -0.2) is 0 Å². The van der Waals surface area contributed by atoms with Crippen LogP contribution in [0.2, 0.25) is 0 Å². The summed E-state index contributed by atoms with van der Waals surface area (Å²) in [7, 11) is 0. The van der Waals surface area contributed by atoms with Gasteiger partial charge in [0.15, 0.2) is 0 Å². The average Bonchev–Trinajstić information content (AvgIpc) is 2.45. The lowest BCUT2D eigenvalue weighted by atomic mass is 9.88. The number of halogens is 2. The summed E-state index contributed by atoms with van der Waals surface area (Å²) in [5.74, 6) is -0.516. The fourth-order valence-electron chi connectivity index (χ4n) is 2.76. The van der Waals surface area contributed by atoms with Crippen molar-refractivity contribution in [2.24, 2.45) is 5.73 Å². The molecule has 0 amide bonds. The van der Waals surface area contributed by atoms with Gasteiger partial charge in [-0.2, -0.15) is 0 Å². The predicted molar refractivity (Wildman–Crippen MR) is 77.0 cm³/mol. The van der Waals surface area contributed by atoms with Gasteiger partial charge < -0.3 is 10.5 Å². The summed E-state index contributed by atoms with van der Waals surface area (Å²) < 4.78 is 31.9. The molecule has 2 aromatic carbocycles. The number of fused-ring (bicyclic) bond motifs is 1. The Balaban J connectivity index is 1.75. The molecule has 0 saturated carbocycles. The van der Waals surface area contributed by atoms with Crippen molar-refractivity contribution >= 4 is 0 Å². The van der Waals surface area contributed by atoms with E-state index >= 15 is 0 Å². The summed E-state index contributed by atoms with van der Waals surface area (Å²) in [6.07, 6.45) is 3.13.